The molecular weight excluding hydrogens is 348 g/mol. The van der Waals surface area contributed by atoms with Gasteiger partial charge < -0.3 is 10.2 Å². The first kappa shape index (κ1) is 18.6. The summed E-state index contributed by atoms with van der Waals surface area (Å²) in [7, 11) is -2.92. The molecule has 1 aliphatic rings. The van der Waals surface area contributed by atoms with E-state index in [4.69, 9.17) is 0 Å². The Morgan fingerprint density at radius 3 is 2.58 bits per heavy atom. The second kappa shape index (κ2) is 7.61. The van der Waals surface area contributed by atoms with Crippen LogP contribution < -0.4 is 10.2 Å². The van der Waals surface area contributed by atoms with Gasteiger partial charge in [0, 0.05) is 30.4 Å². The number of sulfone groups is 1. The molecule has 1 aromatic heterocycles. The highest BCUT2D eigenvalue weighted by atomic mass is 32.2. The van der Waals surface area contributed by atoms with Crippen molar-refractivity contribution in [3.05, 3.63) is 47.7 Å². The second-order valence-electron chi connectivity index (χ2n) is 7.15. The van der Waals surface area contributed by atoms with Crippen molar-refractivity contribution < 1.29 is 8.42 Å². The van der Waals surface area contributed by atoms with Gasteiger partial charge in [-0.1, -0.05) is 30.3 Å². The van der Waals surface area contributed by atoms with Crippen LogP contribution in [0.2, 0.25) is 0 Å². The maximum absolute atomic E-state index is 11.7. The second-order valence-corrected chi connectivity index (χ2v) is 9.37. The number of nitrogens with one attached hydrogen (secondary N) is 1. The van der Waals surface area contributed by atoms with Crippen LogP contribution in [-0.2, 0) is 16.4 Å². The number of nitrogens with zero attached hydrogens (tertiary/aromatic N) is 3. The molecule has 1 atom stereocenters. The first-order valence-corrected chi connectivity index (χ1v) is 10.8. The lowest BCUT2D eigenvalue weighted by Crippen LogP contribution is -2.32. The van der Waals surface area contributed by atoms with E-state index in [0.29, 0.717) is 18.2 Å². The van der Waals surface area contributed by atoms with Crippen molar-refractivity contribution in [2.45, 2.75) is 45.8 Å². The Bertz CT molecular complexity index is 853. The Morgan fingerprint density at radius 2 is 1.96 bits per heavy atom. The average molecular weight is 375 g/mol. The Hall–Kier alpha value is -2.15. The maximum Gasteiger partial charge on any atom is 0.228 e. The molecule has 0 bridgehead atoms. The molecule has 26 heavy (non-hydrogen) atoms. The maximum atomic E-state index is 11.7. The number of aryl methyl sites for hydroxylation is 1. The van der Waals surface area contributed by atoms with Crippen molar-refractivity contribution in [2.24, 2.45) is 0 Å². The standard InChI is InChI=1S/C19H26N4O2S/c1-14(2)23(12-16-7-5-4-6-8-16)19-20-15(3)11-18(22-19)21-17-9-10-26(24,25)13-17/h4-8,11,14,17H,9-10,12-13H2,1-3H3,(H,20,21,22). The number of hydrogen-bond donors (Lipinski definition) is 1. The monoisotopic (exact) mass is 374 g/mol. The van der Waals surface area contributed by atoms with Crippen LogP contribution in [0.15, 0.2) is 36.4 Å². The summed E-state index contributed by atoms with van der Waals surface area (Å²) in [6.45, 7) is 6.89. The van der Waals surface area contributed by atoms with Gasteiger partial charge in [-0.05, 0) is 32.8 Å². The zero-order chi connectivity index (χ0) is 18.7. The van der Waals surface area contributed by atoms with Gasteiger partial charge in [0.15, 0.2) is 9.84 Å². The van der Waals surface area contributed by atoms with E-state index in [9.17, 15) is 8.42 Å². The van der Waals surface area contributed by atoms with Crippen molar-refractivity contribution in [3.63, 3.8) is 0 Å². The zero-order valence-corrected chi connectivity index (χ0v) is 16.3. The van der Waals surface area contributed by atoms with Crippen LogP contribution >= 0.6 is 0 Å². The smallest absolute Gasteiger partial charge is 0.228 e. The minimum Gasteiger partial charge on any atom is -0.366 e. The van der Waals surface area contributed by atoms with Gasteiger partial charge in [-0.15, -0.1) is 0 Å². The number of anilines is 2. The molecule has 1 saturated heterocycles. The normalized spacial score (nSPS) is 18.8. The summed E-state index contributed by atoms with van der Waals surface area (Å²) >= 11 is 0. The molecule has 0 radical (unpaired) electrons. The molecule has 1 unspecified atom stereocenters. The third-order valence-corrected chi connectivity index (χ3v) is 6.27. The highest BCUT2D eigenvalue weighted by Crippen LogP contribution is 2.21. The van der Waals surface area contributed by atoms with Crippen LogP contribution in [0.1, 0.15) is 31.5 Å². The Morgan fingerprint density at radius 1 is 1.23 bits per heavy atom. The molecule has 6 nitrogen and oxygen atoms in total. The van der Waals surface area contributed by atoms with Crippen LogP contribution in [0.5, 0.6) is 0 Å². The largest absolute Gasteiger partial charge is 0.366 e. The molecule has 2 heterocycles. The first-order chi connectivity index (χ1) is 12.3. The zero-order valence-electron chi connectivity index (χ0n) is 15.5. The van der Waals surface area contributed by atoms with E-state index in [1.165, 1.54) is 5.56 Å². The van der Waals surface area contributed by atoms with E-state index >= 15 is 0 Å². The van der Waals surface area contributed by atoms with Gasteiger partial charge in [-0.25, -0.2) is 13.4 Å². The van der Waals surface area contributed by atoms with Crippen LogP contribution in [0.4, 0.5) is 11.8 Å². The van der Waals surface area contributed by atoms with Crippen molar-refractivity contribution in [1.82, 2.24) is 9.97 Å². The Balaban J connectivity index is 1.82. The van der Waals surface area contributed by atoms with Crippen LogP contribution in [-0.4, -0.2) is 42.0 Å². The fourth-order valence-electron chi connectivity index (χ4n) is 3.14. The predicted octanol–water partition coefficient (Wildman–Crippen LogP) is 2.80. The molecule has 1 aliphatic heterocycles. The lowest BCUT2D eigenvalue weighted by molar-refractivity contribution is 0.602. The molecule has 2 aromatic rings. The van der Waals surface area contributed by atoms with Crippen LogP contribution in [0, 0.1) is 6.92 Å². The van der Waals surface area contributed by atoms with Crippen molar-refractivity contribution >= 4 is 21.6 Å². The number of aromatic nitrogens is 2. The summed E-state index contributed by atoms with van der Waals surface area (Å²) in [5, 5.41) is 3.28. The lowest BCUT2D eigenvalue weighted by Gasteiger charge is -2.27. The topological polar surface area (TPSA) is 75.2 Å². The van der Waals surface area contributed by atoms with E-state index in [2.05, 4.69) is 46.2 Å². The summed E-state index contributed by atoms with van der Waals surface area (Å²) < 4.78 is 23.4. The molecule has 1 fully saturated rings. The van der Waals surface area contributed by atoms with Crippen molar-refractivity contribution in [2.75, 3.05) is 21.7 Å². The predicted molar refractivity (Wildman–Crippen MR) is 105 cm³/mol. The molecule has 0 saturated carbocycles. The van der Waals surface area contributed by atoms with E-state index in [1.54, 1.807) is 0 Å². The van der Waals surface area contributed by atoms with Gasteiger partial charge >= 0.3 is 0 Å². The molecule has 3 rings (SSSR count). The molecule has 7 heteroatoms. The minimum absolute atomic E-state index is 0.0798. The highest BCUT2D eigenvalue weighted by Gasteiger charge is 2.28. The van der Waals surface area contributed by atoms with E-state index in [0.717, 1.165) is 12.2 Å². The Labute approximate surface area is 155 Å². The number of hydrogen-bond acceptors (Lipinski definition) is 6. The van der Waals surface area contributed by atoms with Gasteiger partial charge in [0.25, 0.3) is 0 Å². The third kappa shape index (κ3) is 4.72. The van der Waals surface area contributed by atoms with Gasteiger partial charge in [0.05, 0.1) is 11.5 Å². The van der Waals surface area contributed by atoms with Crippen molar-refractivity contribution in [3.8, 4) is 0 Å². The third-order valence-electron chi connectivity index (χ3n) is 4.50. The van der Waals surface area contributed by atoms with Gasteiger partial charge in [0.1, 0.15) is 5.82 Å². The van der Waals surface area contributed by atoms with E-state index in [1.807, 2.05) is 31.2 Å². The van der Waals surface area contributed by atoms with Crippen LogP contribution in [0.3, 0.4) is 0 Å². The summed E-state index contributed by atoms with van der Waals surface area (Å²) in [5.41, 5.74) is 2.06. The molecule has 0 aliphatic carbocycles. The summed E-state index contributed by atoms with van der Waals surface area (Å²) in [6, 6.07) is 12.3. The average Bonchev–Trinajstić information content (AvgIpc) is 2.91. The summed E-state index contributed by atoms with van der Waals surface area (Å²) in [6.07, 6.45) is 0.624. The molecular formula is C19H26N4O2S. The number of benzene rings is 1. The highest BCUT2D eigenvalue weighted by molar-refractivity contribution is 7.91. The quantitative estimate of drug-likeness (QED) is 0.838. The fourth-order valence-corrected chi connectivity index (χ4v) is 4.81. The van der Waals surface area contributed by atoms with E-state index < -0.39 is 9.84 Å². The minimum atomic E-state index is -2.92. The molecule has 1 aromatic carbocycles. The molecule has 1 N–H and O–H groups in total. The Kier molecular flexibility index (Phi) is 5.46. The summed E-state index contributed by atoms with van der Waals surface area (Å²) in [4.78, 5) is 11.4. The SMILES string of the molecule is Cc1cc(NC2CCS(=O)(=O)C2)nc(N(Cc2ccccc2)C(C)C)n1. The number of rotatable bonds is 6. The van der Waals surface area contributed by atoms with Gasteiger partial charge in [-0.2, -0.15) is 4.98 Å². The fraction of sp³-hybridized carbons (Fsp3) is 0.474. The first-order valence-electron chi connectivity index (χ1n) is 8.95. The molecule has 0 amide bonds. The molecule has 0 spiro atoms. The van der Waals surface area contributed by atoms with Gasteiger partial charge in [-0.3, -0.25) is 0 Å². The summed E-state index contributed by atoms with van der Waals surface area (Å²) in [5.74, 6) is 1.76. The van der Waals surface area contributed by atoms with E-state index in [-0.39, 0.29) is 23.6 Å². The lowest BCUT2D eigenvalue weighted by atomic mass is 10.2. The molecule has 140 valence electrons. The van der Waals surface area contributed by atoms with Crippen molar-refractivity contribution in [1.29, 1.82) is 0 Å². The van der Waals surface area contributed by atoms with Crippen LogP contribution in [0.25, 0.3) is 0 Å². The van der Waals surface area contributed by atoms with Gasteiger partial charge in [0.2, 0.25) is 5.95 Å².